The number of hydrogen-bond donors (Lipinski definition) is 1. The molecule has 102 valence electrons. The summed E-state index contributed by atoms with van der Waals surface area (Å²) in [4.78, 5) is 26.1. The first-order valence-electron chi connectivity index (χ1n) is 5.89. The zero-order valence-corrected chi connectivity index (χ0v) is 12.3. The second-order valence-corrected chi connectivity index (χ2v) is 5.53. The number of nitrogens with zero attached hydrogens (tertiary/aromatic N) is 2. The summed E-state index contributed by atoms with van der Waals surface area (Å²) in [6.07, 6.45) is 0. The number of aliphatic carboxylic acids is 1. The fraction of sp³-hybridized carbons (Fsp3) is 0.385. The van der Waals surface area contributed by atoms with E-state index in [-0.39, 0.29) is 12.5 Å². The summed E-state index contributed by atoms with van der Waals surface area (Å²) in [5.41, 5.74) is 1.92. The van der Waals surface area contributed by atoms with Gasteiger partial charge in [-0.15, -0.1) is 0 Å². The summed E-state index contributed by atoms with van der Waals surface area (Å²) in [6.45, 7) is 2.47. The molecule has 1 N–H and O–H groups in total. The van der Waals surface area contributed by atoms with Gasteiger partial charge in [0.1, 0.15) is 6.04 Å². The number of aryl methyl sites for hydroxylation is 1. The van der Waals surface area contributed by atoms with Crippen molar-refractivity contribution in [2.24, 2.45) is 0 Å². The van der Waals surface area contributed by atoms with Crippen molar-refractivity contribution in [3.8, 4) is 0 Å². The Bertz CT molecular complexity index is 533. The number of hydrogen-bond acceptors (Lipinski definition) is 3. The number of carbonyl (C=O) groups is 2. The van der Waals surface area contributed by atoms with E-state index in [2.05, 4.69) is 15.9 Å². The molecule has 6 heteroatoms. The molecule has 1 saturated heterocycles. The number of rotatable bonds is 2. The Hall–Kier alpha value is -1.56. The van der Waals surface area contributed by atoms with Crippen molar-refractivity contribution < 1.29 is 14.7 Å². The van der Waals surface area contributed by atoms with Crippen LogP contribution in [0.3, 0.4) is 0 Å². The Labute approximate surface area is 119 Å². The molecule has 0 aliphatic carbocycles. The van der Waals surface area contributed by atoms with Crippen molar-refractivity contribution in [2.75, 3.05) is 25.0 Å². The maximum absolute atomic E-state index is 11.9. The van der Waals surface area contributed by atoms with Gasteiger partial charge in [0, 0.05) is 23.8 Å². The van der Waals surface area contributed by atoms with Gasteiger partial charge in [-0.1, -0.05) is 15.9 Å². The van der Waals surface area contributed by atoms with Gasteiger partial charge in [-0.25, -0.2) is 4.79 Å². The van der Waals surface area contributed by atoms with Crippen molar-refractivity contribution in [1.82, 2.24) is 4.90 Å². The number of carboxylic acids is 1. The van der Waals surface area contributed by atoms with Gasteiger partial charge in [0.2, 0.25) is 5.91 Å². The van der Waals surface area contributed by atoms with Crippen LogP contribution >= 0.6 is 15.9 Å². The third kappa shape index (κ3) is 2.73. The Balaban J connectivity index is 2.27. The van der Waals surface area contributed by atoms with Crippen LogP contribution in [0.25, 0.3) is 0 Å². The summed E-state index contributed by atoms with van der Waals surface area (Å²) < 4.78 is 0.992. The lowest BCUT2D eigenvalue weighted by atomic mass is 10.1. The van der Waals surface area contributed by atoms with Crippen molar-refractivity contribution >= 4 is 33.5 Å². The van der Waals surface area contributed by atoms with Gasteiger partial charge in [0.15, 0.2) is 0 Å². The monoisotopic (exact) mass is 326 g/mol. The number of carboxylic acid groups (broad SMARTS) is 1. The molecule has 0 spiro atoms. The molecule has 0 saturated carbocycles. The fourth-order valence-electron chi connectivity index (χ4n) is 2.11. The third-order valence-electron chi connectivity index (χ3n) is 3.37. The number of likely N-dealkylation sites (N-methyl/N-ethyl adjacent to an activating group) is 1. The molecule has 1 unspecified atom stereocenters. The number of amides is 1. The number of carbonyl (C=O) groups excluding carboxylic acids is 1. The largest absolute Gasteiger partial charge is 0.480 e. The van der Waals surface area contributed by atoms with E-state index in [0.717, 1.165) is 15.7 Å². The molecule has 1 aromatic rings. The number of piperazine rings is 1. The summed E-state index contributed by atoms with van der Waals surface area (Å²) in [6, 6.07) is 4.93. The molecule has 1 aliphatic rings. The van der Waals surface area contributed by atoms with Crippen molar-refractivity contribution in [3.05, 3.63) is 28.2 Å². The van der Waals surface area contributed by atoms with E-state index in [9.17, 15) is 9.59 Å². The number of anilines is 1. The highest BCUT2D eigenvalue weighted by Gasteiger charge is 2.34. The molecule has 19 heavy (non-hydrogen) atoms. The molecule has 1 amide bonds. The first kappa shape index (κ1) is 13.9. The van der Waals surface area contributed by atoms with Crippen LogP contribution in [0.2, 0.25) is 0 Å². The van der Waals surface area contributed by atoms with Crippen LogP contribution in [-0.2, 0) is 9.59 Å². The average molecular weight is 327 g/mol. The Morgan fingerprint density at radius 2 is 2.16 bits per heavy atom. The van der Waals surface area contributed by atoms with E-state index in [1.807, 2.05) is 25.1 Å². The SMILES string of the molecule is Cc1cc(N2CC(=O)N(C)C(C(=O)O)C2)ccc1Br. The Morgan fingerprint density at radius 1 is 1.47 bits per heavy atom. The van der Waals surface area contributed by atoms with Crippen molar-refractivity contribution in [1.29, 1.82) is 0 Å². The molecule has 5 nitrogen and oxygen atoms in total. The molecular weight excluding hydrogens is 312 g/mol. The lowest BCUT2D eigenvalue weighted by Gasteiger charge is -2.38. The minimum Gasteiger partial charge on any atom is -0.480 e. The molecule has 1 aliphatic heterocycles. The topological polar surface area (TPSA) is 60.9 Å². The molecule has 1 fully saturated rings. The maximum atomic E-state index is 11.9. The van der Waals surface area contributed by atoms with E-state index in [1.54, 1.807) is 4.90 Å². The highest BCUT2D eigenvalue weighted by atomic mass is 79.9. The van der Waals surface area contributed by atoms with Crippen molar-refractivity contribution in [3.63, 3.8) is 0 Å². The summed E-state index contributed by atoms with van der Waals surface area (Å²) >= 11 is 3.42. The van der Waals surface area contributed by atoms with Crippen LogP contribution in [0.4, 0.5) is 5.69 Å². The quantitative estimate of drug-likeness (QED) is 0.894. The van der Waals surface area contributed by atoms with Crippen LogP contribution in [0, 0.1) is 6.92 Å². The lowest BCUT2D eigenvalue weighted by molar-refractivity contribution is -0.149. The van der Waals surface area contributed by atoms with E-state index in [1.165, 1.54) is 11.9 Å². The maximum Gasteiger partial charge on any atom is 0.328 e. The van der Waals surface area contributed by atoms with Crippen LogP contribution in [0.1, 0.15) is 5.56 Å². The average Bonchev–Trinajstić information content (AvgIpc) is 2.35. The number of halogens is 1. The van der Waals surface area contributed by atoms with E-state index < -0.39 is 12.0 Å². The summed E-state index contributed by atoms with van der Waals surface area (Å²) in [5, 5.41) is 9.16. The second kappa shape index (κ2) is 5.21. The summed E-state index contributed by atoms with van der Waals surface area (Å²) in [5.74, 6) is -1.16. The van der Waals surface area contributed by atoms with Gasteiger partial charge in [-0.05, 0) is 30.7 Å². The molecule has 1 atom stereocenters. The van der Waals surface area contributed by atoms with E-state index in [0.29, 0.717) is 6.54 Å². The first-order chi connectivity index (χ1) is 8.90. The number of benzene rings is 1. The van der Waals surface area contributed by atoms with Gasteiger partial charge in [-0.2, -0.15) is 0 Å². The zero-order chi connectivity index (χ0) is 14.2. The van der Waals surface area contributed by atoms with Gasteiger partial charge in [-0.3, -0.25) is 4.79 Å². The molecule has 0 radical (unpaired) electrons. The van der Waals surface area contributed by atoms with Gasteiger partial charge >= 0.3 is 5.97 Å². The Morgan fingerprint density at radius 3 is 2.74 bits per heavy atom. The minimum atomic E-state index is -0.977. The molecule has 0 aromatic heterocycles. The Kier molecular flexibility index (Phi) is 3.80. The van der Waals surface area contributed by atoms with Gasteiger partial charge < -0.3 is 14.9 Å². The molecular formula is C13H15BrN2O3. The predicted molar refractivity (Wildman–Crippen MR) is 75.3 cm³/mol. The normalized spacial score (nSPS) is 19.7. The van der Waals surface area contributed by atoms with E-state index >= 15 is 0 Å². The predicted octanol–water partition coefficient (Wildman–Crippen LogP) is 1.49. The van der Waals surface area contributed by atoms with Gasteiger partial charge in [0.25, 0.3) is 0 Å². The standard InChI is InChI=1S/C13H15BrN2O3/c1-8-5-9(3-4-10(8)14)16-6-11(13(18)19)15(2)12(17)7-16/h3-5,11H,6-7H2,1-2H3,(H,18,19). The van der Waals surface area contributed by atoms with Gasteiger partial charge in [0.05, 0.1) is 6.54 Å². The third-order valence-corrected chi connectivity index (χ3v) is 4.26. The molecule has 1 aromatic carbocycles. The van der Waals surface area contributed by atoms with Crippen LogP contribution in [0.15, 0.2) is 22.7 Å². The minimum absolute atomic E-state index is 0.181. The molecule has 1 heterocycles. The highest BCUT2D eigenvalue weighted by molar-refractivity contribution is 9.10. The van der Waals surface area contributed by atoms with Crippen molar-refractivity contribution in [2.45, 2.75) is 13.0 Å². The zero-order valence-electron chi connectivity index (χ0n) is 10.8. The van der Waals surface area contributed by atoms with Crippen LogP contribution in [-0.4, -0.2) is 48.1 Å². The second-order valence-electron chi connectivity index (χ2n) is 4.67. The first-order valence-corrected chi connectivity index (χ1v) is 6.69. The molecule has 0 bridgehead atoms. The van der Waals surface area contributed by atoms with Crippen LogP contribution < -0.4 is 4.90 Å². The van der Waals surface area contributed by atoms with E-state index in [4.69, 9.17) is 5.11 Å². The lowest BCUT2D eigenvalue weighted by Crippen LogP contribution is -2.58. The highest BCUT2D eigenvalue weighted by Crippen LogP contribution is 2.25. The van der Waals surface area contributed by atoms with Crippen LogP contribution in [0.5, 0.6) is 0 Å². The molecule has 2 rings (SSSR count). The smallest absolute Gasteiger partial charge is 0.328 e. The fourth-order valence-corrected chi connectivity index (χ4v) is 2.36. The summed E-state index contributed by atoms with van der Waals surface area (Å²) in [7, 11) is 1.53.